The molecule has 3 rings (SSSR count). The Hall–Kier alpha value is -2.43. The van der Waals surface area contributed by atoms with E-state index < -0.39 is 0 Å². The predicted molar refractivity (Wildman–Crippen MR) is 89.5 cm³/mol. The molecular formula is C18H23N3O2. The lowest BCUT2D eigenvalue weighted by Gasteiger charge is -2.17. The first-order valence-corrected chi connectivity index (χ1v) is 8.02. The predicted octanol–water partition coefficient (Wildman–Crippen LogP) is 2.78. The van der Waals surface area contributed by atoms with Crippen molar-refractivity contribution in [3.05, 3.63) is 53.9 Å². The molecule has 23 heavy (non-hydrogen) atoms. The number of hydrogen-bond donors (Lipinski definition) is 2. The van der Waals surface area contributed by atoms with E-state index in [-0.39, 0.29) is 18.1 Å². The number of para-hydroxylation sites is 1. The molecule has 122 valence electrons. The molecule has 0 bridgehead atoms. The third-order valence-corrected chi connectivity index (χ3v) is 4.27. The van der Waals surface area contributed by atoms with Gasteiger partial charge in [-0.15, -0.1) is 0 Å². The number of fused-ring (bicyclic) bond motifs is 1. The maximum Gasteiger partial charge on any atom is 0.315 e. The molecule has 2 N–H and O–H groups in total. The Labute approximate surface area is 136 Å². The molecule has 1 aromatic heterocycles. The molecule has 0 aliphatic carbocycles. The second kappa shape index (κ2) is 6.77. The zero-order chi connectivity index (χ0) is 16.2. The lowest BCUT2D eigenvalue weighted by Crippen LogP contribution is -2.42. The van der Waals surface area contributed by atoms with Gasteiger partial charge in [-0.3, -0.25) is 0 Å². The molecule has 5 nitrogen and oxygen atoms in total. The summed E-state index contributed by atoms with van der Waals surface area (Å²) in [5.74, 6) is 0.856. The van der Waals surface area contributed by atoms with Crippen molar-refractivity contribution in [3.63, 3.8) is 0 Å². The van der Waals surface area contributed by atoms with Crippen molar-refractivity contribution >= 4 is 6.03 Å². The van der Waals surface area contributed by atoms with Gasteiger partial charge in [0.05, 0.1) is 6.04 Å². The molecule has 0 unspecified atom stereocenters. The second-order valence-corrected chi connectivity index (χ2v) is 6.07. The van der Waals surface area contributed by atoms with Crippen molar-refractivity contribution in [2.45, 2.75) is 31.8 Å². The van der Waals surface area contributed by atoms with Gasteiger partial charge >= 0.3 is 6.03 Å². The standard InChI is InChI=1S/C18H23N3O2/c1-13(9-10-14-6-5-11-21(14)2)19-18(22)20-16-12-23-17-8-4-3-7-15(16)17/h3-8,11,13,16H,9-10,12H2,1-2H3,(H2,19,20,22)/t13-,16+/m0/s1. The SMILES string of the molecule is C[C@@H](CCc1cccn1C)NC(=O)N[C@@H]1COc2ccccc21. The first-order chi connectivity index (χ1) is 11.1. The van der Waals surface area contributed by atoms with Crippen LogP contribution >= 0.6 is 0 Å². The number of amides is 2. The number of ether oxygens (including phenoxy) is 1. The minimum absolute atomic E-state index is 0.0775. The molecule has 2 heterocycles. The van der Waals surface area contributed by atoms with Crippen molar-refractivity contribution in [1.82, 2.24) is 15.2 Å². The van der Waals surface area contributed by atoms with E-state index >= 15 is 0 Å². The zero-order valence-electron chi connectivity index (χ0n) is 13.6. The maximum atomic E-state index is 12.2. The number of aromatic nitrogens is 1. The Morgan fingerprint density at radius 2 is 2.17 bits per heavy atom. The fraction of sp³-hybridized carbons (Fsp3) is 0.389. The highest BCUT2D eigenvalue weighted by Gasteiger charge is 2.25. The Bertz CT molecular complexity index is 680. The average Bonchev–Trinajstić information content (AvgIpc) is 3.12. The van der Waals surface area contributed by atoms with E-state index in [4.69, 9.17) is 4.74 Å². The molecule has 0 spiro atoms. The summed E-state index contributed by atoms with van der Waals surface area (Å²) >= 11 is 0. The highest BCUT2D eigenvalue weighted by atomic mass is 16.5. The molecule has 0 saturated heterocycles. The van der Waals surface area contributed by atoms with Gasteiger partial charge in [0.25, 0.3) is 0 Å². The van der Waals surface area contributed by atoms with Crippen LogP contribution in [0.15, 0.2) is 42.6 Å². The number of rotatable bonds is 5. The van der Waals surface area contributed by atoms with Crippen LogP contribution in [0.1, 0.15) is 30.6 Å². The summed E-state index contributed by atoms with van der Waals surface area (Å²) in [5.41, 5.74) is 2.32. The number of aryl methyl sites for hydroxylation is 2. The van der Waals surface area contributed by atoms with Gasteiger partial charge in [-0.1, -0.05) is 18.2 Å². The molecule has 0 fully saturated rings. The van der Waals surface area contributed by atoms with Crippen LogP contribution in [-0.4, -0.2) is 23.2 Å². The first-order valence-electron chi connectivity index (χ1n) is 8.02. The van der Waals surface area contributed by atoms with Gasteiger partial charge < -0.3 is 19.9 Å². The lowest BCUT2D eigenvalue weighted by molar-refractivity contribution is 0.228. The highest BCUT2D eigenvalue weighted by Crippen LogP contribution is 2.31. The summed E-state index contributed by atoms with van der Waals surface area (Å²) in [5, 5.41) is 5.99. The molecule has 1 aliphatic heterocycles. The third kappa shape index (κ3) is 3.67. The highest BCUT2D eigenvalue weighted by molar-refractivity contribution is 5.75. The van der Waals surface area contributed by atoms with Gasteiger partial charge in [0, 0.05) is 30.5 Å². The molecular weight excluding hydrogens is 290 g/mol. The minimum Gasteiger partial charge on any atom is -0.491 e. The van der Waals surface area contributed by atoms with E-state index in [0.717, 1.165) is 24.2 Å². The number of carbonyl (C=O) groups excluding carboxylic acids is 1. The van der Waals surface area contributed by atoms with Crippen LogP contribution in [-0.2, 0) is 13.5 Å². The van der Waals surface area contributed by atoms with Gasteiger partial charge in [-0.05, 0) is 38.0 Å². The summed E-state index contributed by atoms with van der Waals surface area (Å²) in [7, 11) is 2.04. The molecule has 1 aliphatic rings. The number of carbonyl (C=O) groups is 1. The third-order valence-electron chi connectivity index (χ3n) is 4.27. The quantitative estimate of drug-likeness (QED) is 0.892. The van der Waals surface area contributed by atoms with Crippen molar-refractivity contribution in [3.8, 4) is 5.75 Å². The molecule has 2 amide bonds. The van der Waals surface area contributed by atoms with Gasteiger partial charge in [0.2, 0.25) is 0 Å². The number of urea groups is 1. The van der Waals surface area contributed by atoms with Crippen molar-refractivity contribution < 1.29 is 9.53 Å². The monoisotopic (exact) mass is 313 g/mol. The van der Waals surface area contributed by atoms with E-state index in [1.165, 1.54) is 5.69 Å². The number of nitrogens with one attached hydrogen (secondary N) is 2. The summed E-state index contributed by atoms with van der Waals surface area (Å²) in [4.78, 5) is 12.2. The second-order valence-electron chi connectivity index (χ2n) is 6.07. The van der Waals surface area contributed by atoms with Gasteiger partial charge in [-0.25, -0.2) is 4.79 Å². The van der Waals surface area contributed by atoms with Crippen molar-refractivity contribution in [1.29, 1.82) is 0 Å². The van der Waals surface area contributed by atoms with E-state index in [1.54, 1.807) is 0 Å². The van der Waals surface area contributed by atoms with Crippen molar-refractivity contribution in [2.24, 2.45) is 7.05 Å². The van der Waals surface area contributed by atoms with Crippen LogP contribution < -0.4 is 15.4 Å². The Morgan fingerprint density at radius 3 is 2.96 bits per heavy atom. The summed E-state index contributed by atoms with van der Waals surface area (Å²) in [6.45, 7) is 2.52. The molecule has 0 saturated carbocycles. The van der Waals surface area contributed by atoms with Crippen molar-refractivity contribution in [2.75, 3.05) is 6.61 Å². The first kappa shape index (κ1) is 15.5. The molecule has 2 aromatic rings. The molecule has 0 radical (unpaired) electrons. The number of benzene rings is 1. The topological polar surface area (TPSA) is 55.3 Å². The Kier molecular flexibility index (Phi) is 4.55. The van der Waals surface area contributed by atoms with Gasteiger partial charge in [0.15, 0.2) is 0 Å². The molecule has 1 aromatic carbocycles. The number of hydrogen-bond acceptors (Lipinski definition) is 2. The van der Waals surface area contributed by atoms with Gasteiger partial charge in [-0.2, -0.15) is 0 Å². The van der Waals surface area contributed by atoms with Gasteiger partial charge in [0.1, 0.15) is 12.4 Å². The molecule has 2 atom stereocenters. The Balaban J connectivity index is 1.47. The van der Waals surface area contributed by atoms with Crippen LogP contribution in [0, 0.1) is 0 Å². The fourth-order valence-corrected chi connectivity index (χ4v) is 2.90. The van der Waals surface area contributed by atoms with Crippen LogP contribution in [0.25, 0.3) is 0 Å². The minimum atomic E-state index is -0.144. The van der Waals surface area contributed by atoms with E-state index in [9.17, 15) is 4.79 Å². The smallest absolute Gasteiger partial charge is 0.315 e. The van der Waals surface area contributed by atoms with Crippen LogP contribution in [0.3, 0.4) is 0 Å². The summed E-state index contributed by atoms with van der Waals surface area (Å²) < 4.78 is 7.69. The molecule has 5 heteroatoms. The average molecular weight is 313 g/mol. The normalized spacial score (nSPS) is 17.2. The largest absolute Gasteiger partial charge is 0.491 e. The fourth-order valence-electron chi connectivity index (χ4n) is 2.90. The Morgan fingerprint density at radius 1 is 1.35 bits per heavy atom. The van der Waals surface area contributed by atoms with E-state index in [1.807, 2.05) is 50.5 Å². The van der Waals surface area contributed by atoms with Crippen LogP contribution in [0.2, 0.25) is 0 Å². The van der Waals surface area contributed by atoms with Crippen LogP contribution in [0.5, 0.6) is 5.75 Å². The summed E-state index contributed by atoms with van der Waals surface area (Å²) in [6, 6.07) is 11.9. The van der Waals surface area contributed by atoms with E-state index in [2.05, 4.69) is 21.3 Å². The number of nitrogens with zero attached hydrogens (tertiary/aromatic N) is 1. The lowest BCUT2D eigenvalue weighted by atomic mass is 10.1. The summed E-state index contributed by atoms with van der Waals surface area (Å²) in [6.07, 6.45) is 3.89. The zero-order valence-corrected chi connectivity index (χ0v) is 13.6. The maximum absolute atomic E-state index is 12.2. The van der Waals surface area contributed by atoms with E-state index in [0.29, 0.717) is 6.61 Å². The van der Waals surface area contributed by atoms with Crippen LogP contribution in [0.4, 0.5) is 4.79 Å².